The van der Waals surface area contributed by atoms with Crippen molar-refractivity contribution in [2.45, 2.75) is 83.8 Å². The van der Waals surface area contributed by atoms with Crippen LogP contribution in [0.5, 0.6) is 11.5 Å². The summed E-state index contributed by atoms with van der Waals surface area (Å²) in [6.07, 6.45) is 5.00. The molecule has 0 unspecified atom stereocenters. The summed E-state index contributed by atoms with van der Waals surface area (Å²) in [5.41, 5.74) is 0.158. The minimum Gasteiger partial charge on any atom is -0.497 e. The van der Waals surface area contributed by atoms with Crippen LogP contribution in [0.15, 0.2) is 30.6 Å². The number of alkyl halides is 2. The van der Waals surface area contributed by atoms with Gasteiger partial charge in [0.15, 0.2) is 17.9 Å². The number of nitrogens with zero attached hydrogens (tertiary/aromatic N) is 4. The van der Waals surface area contributed by atoms with Crippen LogP contribution in [0.25, 0.3) is 11.3 Å². The highest BCUT2D eigenvalue weighted by atomic mass is 19.3. The number of amides is 1. The maximum Gasteiger partial charge on any atom is 0.407 e. The fourth-order valence-corrected chi connectivity index (χ4v) is 5.50. The number of rotatable bonds is 12. The number of anilines is 1. The first-order valence-corrected chi connectivity index (χ1v) is 15.0. The van der Waals surface area contributed by atoms with Crippen LogP contribution in [0.1, 0.15) is 74.5 Å². The Hall–Kier alpha value is -4.33. The Labute approximate surface area is 266 Å². The Morgan fingerprint density at radius 3 is 2.48 bits per heavy atom. The molecule has 1 fully saturated rings. The van der Waals surface area contributed by atoms with Gasteiger partial charge in [-0.3, -0.25) is 9.69 Å². The van der Waals surface area contributed by atoms with Gasteiger partial charge in [0.05, 0.1) is 32.2 Å². The average Bonchev–Trinajstić information content (AvgIpc) is 3.50. The summed E-state index contributed by atoms with van der Waals surface area (Å²) in [7, 11) is 4.83. The van der Waals surface area contributed by atoms with Crippen molar-refractivity contribution < 1.29 is 37.0 Å². The molecule has 1 aliphatic carbocycles. The summed E-state index contributed by atoms with van der Waals surface area (Å²) >= 11 is 0. The minimum absolute atomic E-state index is 0.00342. The van der Waals surface area contributed by atoms with Gasteiger partial charge in [-0.2, -0.15) is 13.9 Å². The highest BCUT2D eigenvalue weighted by molar-refractivity contribution is 5.88. The SMILES string of the molecule is COc1ccc(CN(C)Cc2c(F)c(N[C@@H]3CCCC[C@@H]3NC(=O)OC(C)(C)C)nc(-c3cnn(C(F)F)c3)c2C=O)c(OC)c1. The number of aromatic nitrogens is 3. The monoisotopic (exact) mass is 646 g/mol. The smallest absolute Gasteiger partial charge is 0.407 e. The van der Waals surface area contributed by atoms with E-state index in [0.29, 0.717) is 41.9 Å². The maximum absolute atomic E-state index is 16.5. The van der Waals surface area contributed by atoms with E-state index < -0.39 is 36.1 Å². The van der Waals surface area contributed by atoms with Crippen molar-refractivity contribution in [2.24, 2.45) is 0 Å². The molecular weight excluding hydrogens is 605 g/mol. The molecule has 0 bridgehead atoms. The summed E-state index contributed by atoms with van der Waals surface area (Å²) < 4.78 is 59.9. The molecule has 2 atom stereocenters. The van der Waals surface area contributed by atoms with Crippen LogP contribution in [-0.2, 0) is 17.8 Å². The van der Waals surface area contributed by atoms with E-state index in [9.17, 15) is 18.4 Å². The van der Waals surface area contributed by atoms with E-state index in [4.69, 9.17) is 14.2 Å². The lowest BCUT2D eigenvalue weighted by Crippen LogP contribution is -2.50. The quantitative estimate of drug-likeness (QED) is 0.222. The zero-order valence-corrected chi connectivity index (χ0v) is 26.9. The molecule has 46 heavy (non-hydrogen) atoms. The Kier molecular flexibility index (Phi) is 11.1. The number of aldehydes is 1. The Morgan fingerprint density at radius 1 is 1.15 bits per heavy atom. The van der Waals surface area contributed by atoms with Gasteiger partial charge in [-0.1, -0.05) is 18.9 Å². The van der Waals surface area contributed by atoms with Crippen LogP contribution in [0.4, 0.5) is 23.8 Å². The molecule has 14 heteroatoms. The van der Waals surface area contributed by atoms with Crippen molar-refractivity contribution in [1.82, 2.24) is 25.0 Å². The maximum atomic E-state index is 16.5. The van der Waals surface area contributed by atoms with E-state index in [2.05, 4.69) is 20.7 Å². The van der Waals surface area contributed by atoms with E-state index in [1.165, 1.54) is 7.11 Å². The van der Waals surface area contributed by atoms with E-state index >= 15 is 4.39 Å². The van der Waals surface area contributed by atoms with E-state index in [0.717, 1.165) is 30.8 Å². The third kappa shape index (κ3) is 8.47. The fraction of sp³-hybridized carbons (Fsp3) is 0.500. The molecule has 1 saturated carbocycles. The van der Waals surface area contributed by atoms with Crippen molar-refractivity contribution in [1.29, 1.82) is 0 Å². The number of carbonyl (C=O) groups is 2. The van der Waals surface area contributed by atoms with E-state index in [1.54, 1.807) is 52.0 Å². The minimum atomic E-state index is -2.92. The molecule has 2 heterocycles. The number of halogens is 3. The Balaban J connectivity index is 1.71. The van der Waals surface area contributed by atoms with Crippen molar-refractivity contribution in [3.8, 4) is 22.8 Å². The second-order valence-electron chi connectivity index (χ2n) is 12.3. The summed E-state index contributed by atoms with van der Waals surface area (Å²) in [6.45, 7) is 2.65. The highest BCUT2D eigenvalue weighted by Gasteiger charge is 2.31. The molecule has 11 nitrogen and oxygen atoms in total. The average molecular weight is 647 g/mol. The van der Waals surface area contributed by atoms with Crippen LogP contribution < -0.4 is 20.1 Å². The van der Waals surface area contributed by atoms with Crippen LogP contribution in [-0.4, -0.2) is 71.0 Å². The lowest BCUT2D eigenvalue weighted by molar-refractivity contribution is 0.0488. The summed E-state index contributed by atoms with van der Waals surface area (Å²) in [4.78, 5) is 31.3. The van der Waals surface area contributed by atoms with Gasteiger partial charge in [0.1, 0.15) is 17.1 Å². The van der Waals surface area contributed by atoms with Crippen LogP contribution >= 0.6 is 0 Å². The van der Waals surface area contributed by atoms with Gasteiger partial charge in [0.25, 0.3) is 0 Å². The zero-order valence-electron chi connectivity index (χ0n) is 26.9. The molecule has 2 aromatic heterocycles. The Bertz CT molecular complexity index is 1530. The molecule has 4 rings (SSSR count). The van der Waals surface area contributed by atoms with Gasteiger partial charge in [-0.05, 0) is 46.7 Å². The van der Waals surface area contributed by atoms with Crippen molar-refractivity contribution >= 4 is 18.2 Å². The molecule has 0 spiro atoms. The number of hydrogen-bond acceptors (Lipinski definition) is 9. The second-order valence-corrected chi connectivity index (χ2v) is 12.3. The summed E-state index contributed by atoms with van der Waals surface area (Å²) in [5, 5.41) is 9.73. The molecule has 0 aliphatic heterocycles. The molecule has 1 amide bonds. The summed E-state index contributed by atoms with van der Waals surface area (Å²) in [5.74, 6) is 0.250. The largest absolute Gasteiger partial charge is 0.497 e. The zero-order chi connectivity index (χ0) is 33.6. The third-order valence-corrected chi connectivity index (χ3v) is 7.62. The lowest BCUT2D eigenvalue weighted by atomic mass is 9.90. The van der Waals surface area contributed by atoms with Gasteiger partial charge in [0.2, 0.25) is 0 Å². The standard InChI is InChI=1S/C32H41F3N6O5/c1-32(2,3)46-31(43)38-25-10-8-7-9-24(25)37-29-27(33)22(17-40(4)15-19-11-12-21(44-5)13-26(19)45-6)23(18-42)28(39-29)20-14-36-41(16-20)30(34)35/h11-14,16,18,24-25,30H,7-10,15,17H2,1-6H3,(H,37,39)(H,38,43)/t24-,25+/m1/s1. The van der Waals surface area contributed by atoms with Gasteiger partial charge >= 0.3 is 12.6 Å². The number of pyridine rings is 1. The second kappa shape index (κ2) is 14.8. The van der Waals surface area contributed by atoms with Gasteiger partial charge < -0.3 is 24.8 Å². The number of carbonyl (C=O) groups excluding carboxylic acids is 2. The van der Waals surface area contributed by atoms with Crippen molar-refractivity contribution in [2.75, 3.05) is 26.6 Å². The topological polar surface area (TPSA) is 120 Å². The first kappa shape index (κ1) is 34.5. The van der Waals surface area contributed by atoms with Gasteiger partial charge in [-0.15, -0.1) is 0 Å². The normalized spacial score (nSPS) is 16.8. The van der Waals surface area contributed by atoms with Crippen molar-refractivity contribution in [3.05, 3.63) is 53.1 Å². The number of methoxy groups -OCH3 is 2. The molecule has 250 valence electrons. The van der Waals surface area contributed by atoms with Crippen LogP contribution in [0, 0.1) is 5.82 Å². The molecule has 3 aromatic rings. The third-order valence-electron chi connectivity index (χ3n) is 7.62. The predicted molar refractivity (Wildman–Crippen MR) is 166 cm³/mol. The molecule has 2 N–H and O–H groups in total. The first-order chi connectivity index (χ1) is 21.8. The number of benzene rings is 1. The number of hydrogen-bond donors (Lipinski definition) is 2. The molecule has 0 saturated heterocycles. The fourth-order valence-electron chi connectivity index (χ4n) is 5.50. The molecule has 1 aliphatic rings. The van der Waals surface area contributed by atoms with Crippen LogP contribution in [0.2, 0.25) is 0 Å². The summed E-state index contributed by atoms with van der Waals surface area (Å²) in [6, 6.07) is 4.53. The predicted octanol–water partition coefficient (Wildman–Crippen LogP) is 6.19. The van der Waals surface area contributed by atoms with Gasteiger partial charge in [0, 0.05) is 53.6 Å². The highest BCUT2D eigenvalue weighted by Crippen LogP contribution is 2.33. The Morgan fingerprint density at radius 2 is 1.87 bits per heavy atom. The number of nitrogens with one attached hydrogen (secondary N) is 2. The molecule has 0 radical (unpaired) electrons. The van der Waals surface area contributed by atoms with Gasteiger partial charge in [-0.25, -0.2) is 18.9 Å². The van der Waals surface area contributed by atoms with Crippen molar-refractivity contribution in [3.63, 3.8) is 0 Å². The molecular formula is C32H41F3N6O5. The van der Waals surface area contributed by atoms with E-state index in [-0.39, 0.29) is 34.7 Å². The lowest BCUT2D eigenvalue weighted by Gasteiger charge is -2.34. The van der Waals surface area contributed by atoms with Crippen LogP contribution in [0.3, 0.4) is 0 Å². The molecule has 1 aromatic carbocycles. The number of ether oxygens (including phenoxy) is 3. The van der Waals surface area contributed by atoms with E-state index in [1.807, 2.05) is 6.07 Å². The first-order valence-electron chi connectivity index (χ1n) is 15.0. The number of alkyl carbamates (subject to hydrolysis) is 1.